The SMILES string of the molecule is CC[C@@H](C)NC(=O)[C@H](C)N(Cc1ccc(Cl)cc1Cl)C(=O)CN(c1ccc(OC)c(Cl)c1)S(=O)(=O)c1ccccc1. The van der Waals surface area contributed by atoms with Crippen LogP contribution in [0.25, 0.3) is 0 Å². The third-order valence-corrected chi connectivity index (χ3v) is 9.23. The van der Waals surface area contributed by atoms with Crippen LogP contribution in [-0.2, 0) is 26.2 Å². The molecule has 0 aliphatic heterocycles. The van der Waals surface area contributed by atoms with E-state index in [1.165, 1.54) is 48.4 Å². The number of methoxy groups -OCH3 is 1. The molecule has 1 N–H and O–H groups in total. The first kappa shape index (κ1) is 32.5. The molecule has 0 radical (unpaired) electrons. The quantitative estimate of drug-likeness (QED) is 0.255. The second kappa shape index (κ2) is 14.3. The molecule has 0 aromatic heterocycles. The molecule has 0 spiro atoms. The van der Waals surface area contributed by atoms with E-state index in [-0.39, 0.29) is 34.1 Å². The maximum atomic E-state index is 14.0. The average molecular weight is 641 g/mol. The van der Waals surface area contributed by atoms with E-state index in [2.05, 4.69) is 5.32 Å². The third kappa shape index (κ3) is 8.07. The Bertz CT molecular complexity index is 1490. The number of carbonyl (C=O) groups excluding carboxylic acids is 2. The van der Waals surface area contributed by atoms with E-state index in [9.17, 15) is 18.0 Å². The van der Waals surface area contributed by atoms with Crippen LogP contribution in [0.5, 0.6) is 5.75 Å². The number of hydrogen-bond acceptors (Lipinski definition) is 5. The fraction of sp³-hybridized carbons (Fsp3) is 0.310. The lowest BCUT2D eigenvalue weighted by Gasteiger charge is -2.32. The topological polar surface area (TPSA) is 96.0 Å². The molecular weight excluding hydrogens is 609 g/mol. The van der Waals surface area contributed by atoms with Gasteiger partial charge in [-0.1, -0.05) is 66.0 Å². The van der Waals surface area contributed by atoms with Gasteiger partial charge in [-0.05, 0) is 68.3 Å². The number of nitrogens with zero attached hydrogens (tertiary/aromatic N) is 2. The van der Waals surface area contributed by atoms with E-state index in [0.717, 1.165) is 4.31 Å². The van der Waals surface area contributed by atoms with Gasteiger partial charge in [-0.2, -0.15) is 0 Å². The van der Waals surface area contributed by atoms with Crippen LogP contribution in [-0.4, -0.2) is 50.9 Å². The summed E-state index contributed by atoms with van der Waals surface area (Å²) in [6.45, 7) is 4.69. The first-order valence-corrected chi connectivity index (χ1v) is 15.4. The number of nitrogens with one attached hydrogen (secondary N) is 1. The molecule has 2 atom stereocenters. The molecule has 0 bridgehead atoms. The summed E-state index contributed by atoms with van der Waals surface area (Å²) in [5, 5.41) is 3.77. The maximum absolute atomic E-state index is 14.0. The van der Waals surface area contributed by atoms with E-state index < -0.39 is 28.5 Å². The lowest BCUT2D eigenvalue weighted by Crippen LogP contribution is -2.52. The molecule has 3 aromatic carbocycles. The molecule has 0 unspecified atom stereocenters. The van der Waals surface area contributed by atoms with Crippen molar-refractivity contribution in [3.8, 4) is 5.75 Å². The minimum absolute atomic E-state index is 0.0189. The van der Waals surface area contributed by atoms with Crippen LogP contribution in [0.4, 0.5) is 5.69 Å². The van der Waals surface area contributed by atoms with E-state index in [4.69, 9.17) is 39.5 Å². The molecule has 0 saturated heterocycles. The predicted molar refractivity (Wildman–Crippen MR) is 163 cm³/mol. The second-order valence-electron chi connectivity index (χ2n) is 9.39. The van der Waals surface area contributed by atoms with Gasteiger partial charge >= 0.3 is 0 Å². The summed E-state index contributed by atoms with van der Waals surface area (Å²) in [5.74, 6) is -0.676. The summed E-state index contributed by atoms with van der Waals surface area (Å²) in [5.41, 5.74) is 0.687. The fourth-order valence-corrected chi connectivity index (χ4v) is 6.09. The third-order valence-electron chi connectivity index (χ3n) is 6.56. The molecule has 41 heavy (non-hydrogen) atoms. The number of rotatable bonds is 12. The predicted octanol–water partition coefficient (Wildman–Crippen LogP) is 6.18. The van der Waals surface area contributed by atoms with Crippen LogP contribution in [0, 0.1) is 0 Å². The molecule has 0 fully saturated rings. The summed E-state index contributed by atoms with van der Waals surface area (Å²) in [6.07, 6.45) is 0.691. The highest BCUT2D eigenvalue weighted by Gasteiger charge is 2.33. The highest BCUT2D eigenvalue weighted by atomic mass is 35.5. The van der Waals surface area contributed by atoms with Crippen molar-refractivity contribution in [3.05, 3.63) is 87.4 Å². The zero-order valence-corrected chi connectivity index (χ0v) is 26.2. The van der Waals surface area contributed by atoms with Crippen LogP contribution >= 0.6 is 34.8 Å². The molecule has 3 rings (SSSR count). The van der Waals surface area contributed by atoms with E-state index >= 15 is 0 Å². The Morgan fingerprint density at radius 3 is 2.22 bits per heavy atom. The molecule has 2 amide bonds. The largest absolute Gasteiger partial charge is 0.495 e. The number of ether oxygens (including phenoxy) is 1. The number of benzene rings is 3. The Hall–Kier alpha value is -2.98. The van der Waals surface area contributed by atoms with E-state index in [1.807, 2.05) is 13.8 Å². The Balaban J connectivity index is 2.07. The lowest BCUT2D eigenvalue weighted by molar-refractivity contribution is -0.139. The first-order valence-electron chi connectivity index (χ1n) is 12.8. The highest BCUT2D eigenvalue weighted by molar-refractivity contribution is 7.92. The maximum Gasteiger partial charge on any atom is 0.264 e. The molecule has 0 heterocycles. The lowest BCUT2D eigenvalue weighted by atomic mass is 10.1. The van der Waals surface area contributed by atoms with Crippen molar-refractivity contribution < 1.29 is 22.7 Å². The molecule has 0 aliphatic carbocycles. The molecule has 12 heteroatoms. The van der Waals surface area contributed by atoms with Crippen LogP contribution in [0.3, 0.4) is 0 Å². The number of halogens is 3. The van der Waals surface area contributed by atoms with Crippen molar-refractivity contribution in [2.24, 2.45) is 0 Å². The normalized spacial score (nSPS) is 12.8. The first-order chi connectivity index (χ1) is 19.4. The average Bonchev–Trinajstić information content (AvgIpc) is 2.95. The van der Waals surface area contributed by atoms with Gasteiger partial charge in [-0.25, -0.2) is 8.42 Å². The molecule has 3 aromatic rings. The Kier molecular flexibility index (Phi) is 11.3. The van der Waals surface area contributed by atoms with Gasteiger partial charge in [0.2, 0.25) is 11.8 Å². The summed E-state index contributed by atoms with van der Waals surface area (Å²) < 4.78 is 33.9. The van der Waals surface area contributed by atoms with Crippen LogP contribution < -0.4 is 14.4 Å². The van der Waals surface area contributed by atoms with Gasteiger partial charge in [-0.15, -0.1) is 0 Å². The minimum Gasteiger partial charge on any atom is -0.495 e. The van der Waals surface area contributed by atoms with Crippen molar-refractivity contribution in [2.75, 3.05) is 18.0 Å². The van der Waals surface area contributed by atoms with Crippen LogP contribution in [0.1, 0.15) is 32.8 Å². The van der Waals surface area contributed by atoms with Gasteiger partial charge in [0, 0.05) is 22.6 Å². The van der Waals surface area contributed by atoms with Crippen molar-refractivity contribution in [1.29, 1.82) is 0 Å². The number of sulfonamides is 1. The van der Waals surface area contributed by atoms with Gasteiger partial charge in [0.05, 0.1) is 22.7 Å². The van der Waals surface area contributed by atoms with E-state index in [0.29, 0.717) is 27.8 Å². The smallest absolute Gasteiger partial charge is 0.264 e. The molecule has 0 saturated carbocycles. The van der Waals surface area contributed by atoms with Crippen molar-refractivity contribution in [1.82, 2.24) is 10.2 Å². The molecular formula is C29H32Cl3N3O5S. The molecule has 0 aliphatic rings. The van der Waals surface area contributed by atoms with Crippen LogP contribution in [0.2, 0.25) is 15.1 Å². The van der Waals surface area contributed by atoms with Gasteiger partial charge < -0.3 is 15.0 Å². The minimum atomic E-state index is -4.23. The monoisotopic (exact) mass is 639 g/mol. The van der Waals surface area contributed by atoms with Crippen molar-refractivity contribution in [2.45, 2.75) is 50.7 Å². The fourth-order valence-electron chi connectivity index (χ4n) is 3.94. The Morgan fingerprint density at radius 2 is 1.63 bits per heavy atom. The number of carbonyl (C=O) groups is 2. The van der Waals surface area contributed by atoms with Gasteiger partial charge in [0.1, 0.15) is 18.3 Å². The molecule has 220 valence electrons. The van der Waals surface area contributed by atoms with Gasteiger partial charge in [-0.3, -0.25) is 13.9 Å². The summed E-state index contributed by atoms with van der Waals surface area (Å²) in [4.78, 5) is 28.4. The second-order valence-corrected chi connectivity index (χ2v) is 12.5. The summed E-state index contributed by atoms with van der Waals surface area (Å²) in [7, 11) is -2.79. The van der Waals surface area contributed by atoms with Gasteiger partial charge in [0.15, 0.2) is 0 Å². The van der Waals surface area contributed by atoms with Crippen LogP contribution in [0.15, 0.2) is 71.6 Å². The summed E-state index contributed by atoms with van der Waals surface area (Å²) >= 11 is 18.8. The number of anilines is 1. The molecule has 8 nitrogen and oxygen atoms in total. The van der Waals surface area contributed by atoms with Crippen molar-refractivity contribution in [3.63, 3.8) is 0 Å². The standard InChI is InChI=1S/C29H32Cl3N3O5S/c1-5-19(2)33-29(37)20(3)34(17-21-11-12-22(30)15-25(21)31)28(36)18-35(23-13-14-27(40-4)26(32)16-23)41(38,39)24-9-7-6-8-10-24/h6-16,19-20H,5,17-18H2,1-4H3,(H,33,37)/t19-,20+/m1/s1. The van der Waals surface area contributed by atoms with Crippen molar-refractivity contribution >= 4 is 62.3 Å². The highest BCUT2D eigenvalue weighted by Crippen LogP contribution is 2.32. The number of hydrogen-bond donors (Lipinski definition) is 1. The Labute approximate surface area is 256 Å². The zero-order chi connectivity index (χ0) is 30.3. The Morgan fingerprint density at radius 1 is 0.951 bits per heavy atom. The van der Waals surface area contributed by atoms with E-state index in [1.54, 1.807) is 37.3 Å². The summed E-state index contributed by atoms with van der Waals surface area (Å²) in [6, 6.07) is 15.9. The van der Waals surface area contributed by atoms with Gasteiger partial charge in [0.25, 0.3) is 10.0 Å². The number of amides is 2. The zero-order valence-electron chi connectivity index (χ0n) is 23.1.